The predicted molar refractivity (Wildman–Crippen MR) is 76.7 cm³/mol. The fraction of sp³-hybridized carbons (Fsp3) is 0.467. The number of anilines is 1. The minimum Gasteiger partial charge on any atom is -0.324 e. The second-order valence-electron chi connectivity index (χ2n) is 5.13. The molecule has 0 saturated carbocycles. The van der Waals surface area contributed by atoms with Crippen LogP contribution in [0, 0.1) is 17.2 Å². The number of likely N-dealkylation sites (N-methyl/N-ethyl adjacent to an activating group) is 1. The van der Waals surface area contributed by atoms with Crippen molar-refractivity contribution in [3.8, 4) is 6.07 Å². The van der Waals surface area contributed by atoms with Gasteiger partial charge in [0.2, 0.25) is 5.91 Å². The Labute approximate surface area is 115 Å². The van der Waals surface area contributed by atoms with Crippen molar-refractivity contribution in [2.24, 2.45) is 5.92 Å². The molecule has 1 aromatic rings. The zero-order chi connectivity index (χ0) is 14.3. The van der Waals surface area contributed by atoms with Crippen molar-refractivity contribution >= 4 is 11.6 Å². The second-order valence-corrected chi connectivity index (χ2v) is 5.13. The Hall–Kier alpha value is -1.86. The van der Waals surface area contributed by atoms with Crippen molar-refractivity contribution in [1.29, 1.82) is 5.26 Å². The minimum absolute atomic E-state index is 0.0889. The molecule has 0 heterocycles. The lowest BCUT2D eigenvalue weighted by atomic mass is 10.1. The van der Waals surface area contributed by atoms with Gasteiger partial charge in [0, 0.05) is 0 Å². The molecule has 0 radical (unpaired) electrons. The van der Waals surface area contributed by atoms with Crippen LogP contribution in [-0.4, -0.2) is 30.9 Å². The first-order valence-corrected chi connectivity index (χ1v) is 6.50. The number of nitriles is 1. The van der Waals surface area contributed by atoms with Crippen LogP contribution in [0.15, 0.2) is 24.3 Å². The van der Waals surface area contributed by atoms with Gasteiger partial charge < -0.3 is 5.32 Å². The Kier molecular flexibility index (Phi) is 6.04. The van der Waals surface area contributed by atoms with E-state index in [9.17, 15) is 4.79 Å². The van der Waals surface area contributed by atoms with E-state index in [1.54, 1.807) is 24.3 Å². The molecule has 0 atom stereocenters. The van der Waals surface area contributed by atoms with Crippen LogP contribution in [0.3, 0.4) is 0 Å². The van der Waals surface area contributed by atoms with Crippen molar-refractivity contribution < 1.29 is 4.79 Å². The summed E-state index contributed by atoms with van der Waals surface area (Å²) in [7, 11) is 1.93. The van der Waals surface area contributed by atoms with Gasteiger partial charge in [0.15, 0.2) is 0 Å². The van der Waals surface area contributed by atoms with E-state index in [1.165, 1.54) is 0 Å². The smallest absolute Gasteiger partial charge is 0.238 e. The minimum atomic E-state index is -0.0889. The van der Waals surface area contributed by atoms with Crippen LogP contribution in [0.2, 0.25) is 0 Å². The van der Waals surface area contributed by atoms with E-state index in [1.807, 2.05) is 11.9 Å². The fourth-order valence-corrected chi connectivity index (χ4v) is 1.68. The highest BCUT2D eigenvalue weighted by Gasteiger charge is 2.09. The Bertz CT molecular complexity index is 463. The number of hydrogen-bond acceptors (Lipinski definition) is 3. The Morgan fingerprint density at radius 3 is 2.74 bits per heavy atom. The number of amides is 1. The molecule has 0 aliphatic heterocycles. The number of nitrogens with one attached hydrogen (secondary N) is 1. The van der Waals surface area contributed by atoms with Gasteiger partial charge in [0.1, 0.15) is 6.07 Å². The summed E-state index contributed by atoms with van der Waals surface area (Å²) < 4.78 is 0. The summed E-state index contributed by atoms with van der Waals surface area (Å²) in [6.45, 7) is 5.56. The summed E-state index contributed by atoms with van der Waals surface area (Å²) >= 11 is 0. The van der Waals surface area contributed by atoms with Crippen molar-refractivity contribution in [1.82, 2.24) is 4.90 Å². The number of hydrogen-bond donors (Lipinski definition) is 1. The summed E-state index contributed by atoms with van der Waals surface area (Å²) in [5.74, 6) is 0.541. The molecule has 0 bridgehead atoms. The number of carbonyl (C=O) groups is 1. The van der Waals surface area contributed by atoms with Crippen LogP contribution in [0.25, 0.3) is 0 Å². The molecule has 4 heteroatoms. The third kappa shape index (κ3) is 5.54. The molecule has 0 aliphatic carbocycles. The van der Waals surface area contributed by atoms with Crippen molar-refractivity contribution in [3.63, 3.8) is 0 Å². The molecule has 0 fully saturated rings. The summed E-state index contributed by atoms with van der Waals surface area (Å²) in [6.07, 6.45) is 1.07. The highest BCUT2D eigenvalue weighted by molar-refractivity contribution is 5.93. The SMILES string of the molecule is CC(C)CCN(C)CC(=O)Nc1ccccc1C#N. The molecule has 0 spiro atoms. The largest absolute Gasteiger partial charge is 0.324 e. The highest BCUT2D eigenvalue weighted by atomic mass is 16.2. The van der Waals surface area contributed by atoms with E-state index < -0.39 is 0 Å². The normalized spacial score (nSPS) is 10.5. The average Bonchev–Trinajstić information content (AvgIpc) is 2.37. The Balaban J connectivity index is 2.49. The van der Waals surface area contributed by atoms with Crippen LogP contribution in [0.1, 0.15) is 25.8 Å². The standard InChI is InChI=1S/C15H21N3O/c1-12(2)8-9-18(3)11-15(19)17-14-7-5-4-6-13(14)10-16/h4-7,12H,8-9,11H2,1-3H3,(H,17,19). The van der Waals surface area contributed by atoms with Crippen LogP contribution in [0.4, 0.5) is 5.69 Å². The lowest BCUT2D eigenvalue weighted by Gasteiger charge is -2.17. The van der Waals surface area contributed by atoms with Gasteiger partial charge in [-0.25, -0.2) is 0 Å². The third-order valence-corrected chi connectivity index (χ3v) is 2.82. The molecule has 1 aromatic carbocycles. The molecule has 1 amide bonds. The zero-order valence-electron chi connectivity index (χ0n) is 11.8. The van der Waals surface area contributed by atoms with Gasteiger partial charge in [-0.05, 0) is 38.1 Å². The van der Waals surface area contributed by atoms with Crippen LogP contribution in [-0.2, 0) is 4.79 Å². The average molecular weight is 259 g/mol. The molecular weight excluding hydrogens is 238 g/mol. The van der Waals surface area contributed by atoms with Crippen LogP contribution < -0.4 is 5.32 Å². The number of nitrogens with zero attached hydrogens (tertiary/aromatic N) is 2. The molecule has 1 N–H and O–H groups in total. The van der Waals surface area contributed by atoms with Crippen molar-refractivity contribution in [2.75, 3.05) is 25.5 Å². The maximum Gasteiger partial charge on any atom is 0.238 e. The monoisotopic (exact) mass is 259 g/mol. The molecule has 1 rings (SSSR count). The molecule has 0 aromatic heterocycles. The number of benzene rings is 1. The molecule has 0 unspecified atom stereocenters. The van der Waals surface area contributed by atoms with E-state index in [0.29, 0.717) is 23.7 Å². The molecular formula is C15H21N3O. The van der Waals surface area contributed by atoms with Crippen molar-refractivity contribution in [3.05, 3.63) is 29.8 Å². The summed E-state index contributed by atoms with van der Waals surface area (Å²) in [6, 6.07) is 9.08. The van der Waals surface area contributed by atoms with Crippen molar-refractivity contribution in [2.45, 2.75) is 20.3 Å². The number of rotatable bonds is 6. The highest BCUT2D eigenvalue weighted by Crippen LogP contribution is 2.13. The lowest BCUT2D eigenvalue weighted by Crippen LogP contribution is -2.31. The van der Waals surface area contributed by atoms with E-state index >= 15 is 0 Å². The maximum atomic E-state index is 11.9. The Morgan fingerprint density at radius 1 is 1.42 bits per heavy atom. The first-order valence-electron chi connectivity index (χ1n) is 6.50. The molecule has 0 saturated heterocycles. The lowest BCUT2D eigenvalue weighted by molar-refractivity contribution is -0.117. The third-order valence-electron chi connectivity index (χ3n) is 2.82. The van der Waals surface area contributed by atoms with E-state index in [4.69, 9.17) is 5.26 Å². The van der Waals surface area contributed by atoms with Gasteiger partial charge in [0.05, 0.1) is 17.8 Å². The summed E-state index contributed by atoms with van der Waals surface area (Å²) in [5.41, 5.74) is 1.06. The summed E-state index contributed by atoms with van der Waals surface area (Å²) in [5, 5.41) is 11.7. The topological polar surface area (TPSA) is 56.1 Å². The van der Waals surface area contributed by atoms with E-state index in [-0.39, 0.29) is 5.91 Å². The molecule has 4 nitrogen and oxygen atoms in total. The zero-order valence-corrected chi connectivity index (χ0v) is 11.8. The number of para-hydroxylation sites is 1. The quantitative estimate of drug-likeness (QED) is 0.854. The molecule has 19 heavy (non-hydrogen) atoms. The molecule has 102 valence electrons. The Morgan fingerprint density at radius 2 is 2.11 bits per heavy atom. The van der Waals surface area contributed by atoms with Gasteiger partial charge in [-0.2, -0.15) is 5.26 Å². The predicted octanol–water partition coefficient (Wildman–Crippen LogP) is 2.47. The van der Waals surface area contributed by atoms with Gasteiger partial charge >= 0.3 is 0 Å². The van der Waals surface area contributed by atoms with Crippen LogP contribution in [0.5, 0.6) is 0 Å². The fourth-order valence-electron chi connectivity index (χ4n) is 1.68. The van der Waals surface area contributed by atoms with E-state index in [0.717, 1.165) is 13.0 Å². The number of carbonyl (C=O) groups excluding carboxylic acids is 1. The van der Waals surface area contributed by atoms with Gasteiger partial charge in [0.25, 0.3) is 0 Å². The first kappa shape index (κ1) is 15.2. The van der Waals surface area contributed by atoms with Gasteiger partial charge in [-0.3, -0.25) is 9.69 Å². The second kappa shape index (κ2) is 7.55. The van der Waals surface area contributed by atoms with Gasteiger partial charge in [-0.15, -0.1) is 0 Å². The van der Waals surface area contributed by atoms with Crippen LogP contribution >= 0.6 is 0 Å². The van der Waals surface area contributed by atoms with Gasteiger partial charge in [-0.1, -0.05) is 26.0 Å². The maximum absolute atomic E-state index is 11.9. The first-order chi connectivity index (χ1) is 9.02. The van der Waals surface area contributed by atoms with E-state index in [2.05, 4.69) is 25.2 Å². The summed E-state index contributed by atoms with van der Waals surface area (Å²) in [4.78, 5) is 13.9. The molecule has 0 aliphatic rings.